The quantitative estimate of drug-likeness (QED) is 0.731. The first kappa shape index (κ1) is 19.5. The van der Waals surface area contributed by atoms with Crippen molar-refractivity contribution in [3.63, 3.8) is 0 Å². The number of rotatable bonds is 8. The minimum absolute atomic E-state index is 0.0791. The Labute approximate surface area is 149 Å². The molecule has 0 fully saturated rings. The molecule has 4 nitrogen and oxygen atoms in total. The topological polar surface area (TPSA) is 43.4 Å². The summed E-state index contributed by atoms with van der Waals surface area (Å²) in [6.07, 6.45) is -4.38. The number of alkyl halides is 3. The third-order valence-corrected chi connectivity index (χ3v) is 4.46. The van der Waals surface area contributed by atoms with Gasteiger partial charge in [-0.3, -0.25) is 0 Å². The third kappa shape index (κ3) is 6.21. The van der Waals surface area contributed by atoms with Crippen molar-refractivity contribution in [2.45, 2.75) is 39.5 Å². The first-order chi connectivity index (χ1) is 11.8. The largest absolute Gasteiger partial charge is 0.490 e. The lowest BCUT2D eigenvalue weighted by Gasteiger charge is -2.16. The van der Waals surface area contributed by atoms with Crippen LogP contribution in [0.2, 0.25) is 0 Å². The average Bonchev–Trinajstić information content (AvgIpc) is 2.98. The molecule has 0 bridgehead atoms. The number of aromatic nitrogens is 1. The van der Waals surface area contributed by atoms with Crippen LogP contribution in [-0.4, -0.2) is 24.4 Å². The van der Waals surface area contributed by atoms with Gasteiger partial charge in [0.25, 0.3) is 0 Å². The summed E-state index contributed by atoms with van der Waals surface area (Å²) < 4.78 is 47.2. The summed E-state index contributed by atoms with van der Waals surface area (Å²) in [5, 5.41) is 6.33. The highest BCUT2D eigenvalue weighted by Gasteiger charge is 2.29. The van der Waals surface area contributed by atoms with Gasteiger partial charge in [-0.15, -0.1) is 11.3 Å². The van der Waals surface area contributed by atoms with Crippen molar-refractivity contribution in [2.24, 2.45) is 0 Å². The highest BCUT2D eigenvalue weighted by Crippen LogP contribution is 2.30. The molecule has 0 aliphatic rings. The van der Waals surface area contributed by atoms with Gasteiger partial charge in [0.1, 0.15) is 5.01 Å². The molecule has 1 unspecified atom stereocenters. The van der Waals surface area contributed by atoms with E-state index in [0.29, 0.717) is 18.9 Å². The molecule has 0 aliphatic carbocycles. The van der Waals surface area contributed by atoms with Crippen molar-refractivity contribution in [1.29, 1.82) is 0 Å². The van der Waals surface area contributed by atoms with Crippen molar-refractivity contribution < 1.29 is 22.6 Å². The zero-order chi connectivity index (χ0) is 18.4. The van der Waals surface area contributed by atoms with Crippen LogP contribution in [0.1, 0.15) is 36.2 Å². The second-order valence-electron chi connectivity index (χ2n) is 5.55. The van der Waals surface area contributed by atoms with Gasteiger partial charge in [-0.2, -0.15) is 13.2 Å². The fraction of sp³-hybridized carbons (Fsp3) is 0.471. The van der Waals surface area contributed by atoms with Crippen LogP contribution in [0, 0.1) is 6.92 Å². The summed E-state index contributed by atoms with van der Waals surface area (Å²) >= 11 is 1.59. The van der Waals surface area contributed by atoms with Gasteiger partial charge in [-0.25, -0.2) is 4.98 Å². The van der Waals surface area contributed by atoms with E-state index in [1.165, 1.54) is 6.07 Å². The van der Waals surface area contributed by atoms with Gasteiger partial charge in [0.15, 0.2) is 18.1 Å². The minimum atomic E-state index is -4.38. The first-order valence-electron chi connectivity index (χ1n) is 7.89. The van der Waals surface area contributed by atoms with Gasteiger partial charge in [0.05, 0.1) is 12.6 Å². The number of halogens is 3. The maximum absolute atomic E-state index is 12.3. The molecule has 2 rings (SSSR count). The Morgan fingerprint density at radius 3 is 2.60 bits per heavy atom. The van der Waals surface area contributed by atoms with E-state index >= 15 is 0 Å². The molecule has 0 saturated heterocycles. The fourth-order valence-electron chi connectivity index (χ4n) is 2.14. The Morgan fingerprint density at radius 2 is 2.00 bits per heavy atom. The van der Waals surface area contributed by atoms with Crippen LogP contribution in [0.15, 0.2) is 23.6 Å². The summed E-state index contributed by atoms with van der Waals surface area (Å²) in [4.78, 5) is 4.44. The SMILES string of the molecule is CCOc1cc(CNC(C)c2nc(C)cs2)ccc1OCC(F)(F)F. The first-order valence-corrected chi connectivity index (χ1v) is 8.77. The van der Waals surface area contributed by atoms with Gasteiger partial charge in [-0.05, 0) is 38.5 Å². The highest BCUT2D eigenvalue weighted by molar-refractivity contribution is 7.09. The number of ether oxygens (including phenoxy) is 2. The Hall–Kier alpha value is -1.80. The van der Waals surface area contributed by atoms with E-state index in [-0.39, 0.29) is 11.8 Å². The number of hydrogen-bond acceptors (Lipinski definition) is 5. The minimum Gasteiger partial charge on any atom is -0.490 e. The van der Waals surface area contributed by atoms with E-state index in [1.807, 2.05) is 19.2 Å². The van der Waals surface area contributed by atoms with Gasteiger partial charge in [-0.1, -0.05) is 6.07 Å². The van der Waals surface area contributed by atoms with Crippen LogP contribution in [0.4, 0.5) is 13.2 Å². The summed E-state index contributed by atoms with van der Waals surface area (Å²) in [7, 11) is 0. The normalized spacial score (nSPS) is 12.9. The second kappa shape index (κ2) is 8.53. The number of nitrogens with zero attached hydrogens (tertiary/aromatic N) is 1. The Kier molecular flexibility index (Phi) is 6.66. The molecule has 25 heavy (non-hydrogen) atoms. The number of nitrogens with one attached hydrogen (secondary N) is 1. The van der Waals surface area contributed by atoms with Crippen molar-refractivity contribution in [3.05, 3.63) is 39.8 Å². The zero-order valence-electron chi connectivity index (χ0n) is 14.3. The maximum Gasteiger partial charge on any atom is 0.422 e. The molecule has 8 heteroatoms. The molecule has 1 atom stereocenters. The van der Waals surface area contributed by atoms with E-state index < -0.39 is 12.8 Å². The van der Waals surface area contributed by atoms with Crippen molar-refractivity contribution in [2.75, 3.05) is 13.2 Å². The number of thiazole rings is 1. The second-order valence-corrected chi connectivity index (χ2v) is 6.44. The maximum atomic E-state index is 12.3. The lowest BCUT2D eigenvalue weighted by molar-refractivity contribution is -0.153. The molecular formula is C17H21F3N2O2S. The number of aryl methyl sites for hydroxylation is 1. The lowest BCUT2D eigenvalue weighted by atomic mass is 10.2. The highest BCUT2D eigenvalue weighted by atomic mass is 32.1. The summed E-state index contributed by atoms with van der Waals surface area (Å²) in [5.74, 6) is 0.398. The van der Waals surface area contributed by atoms with Crippen LogP contribution < -0.4 is 14.8 Å². The van der Waals surface area contributed by atoms with E-state index in [2.05, 4.69) is 10.3 Å². The molecule has 0 amide bonds. The average molecular weight is 374 g/mol. The predicted molar refractivity (Wildman–Crippen MR) is 91.3 cm³/mol. The van der Waals surface area contributed by atoms with Crippen molar-refractivity contribution in [3.8, 4) is 11.5 Å². The van der Waals surface area contributed by atoms with Crippen LogP contribution in [-0.2, 0) is 6.54 Å². The van der Waals surface area contributed by atoms with E-state index in [9.17, 15) is 13.2 Å². The molecule has 138 valence electrons. The standard InChI is InChI=1S/C17H21F3N2O2S/c1-4-23-15-7-13(5-6-14(15)24-10-17(18,19)20)8-21-12(3)16-22-11(2)9-25-16/h5-7,9,12,21H,4,8,10H2,1-3H3. The molecule has 1 aromatic carbocycles. The Bertz CT molecular complexity index is 689. The molecule has 1 heterocycles. The lowest BCUT2D eigenvalue weighted by Crippen LogP contribution is -2.20. The smallest absolute Gasteiger partial charge is 0.422 e. The fourth-order valence-corrected chi connectivity index (χ4v) is 2.97. The Morgan fingerprint density at radius 1 is 1.24 bits per heavy atom. The van der Waals surface area contributed by atoms with E-state index in [4.69, 9.17) is 9.47 Å². The van der Waals surface area contributed by atoms with Crippen LogP contribution in [0.25, 0.3) is 0 Å². The van der Waals surface area contributed by atoms with Crippen LogP contribution in [0.3, 0.4) is 0 Å². The molecule has 0 saturated carbocycles. The molecule has 1 aromatic heterocycles. The predicted octanol–water partition coefficient (Wildman–Crippen LogP) is 4.64. The van der Waals surface area contributed by atoms with Crippen molar-refractivity contribution >= 4 is 11.3 Å². The van der Waals surface area contributed by atoms with Gasteiger partial charge < -0.3 is 14.8 Å². The van der Waals surface area contributed by atoms with Crippen LogP contribution >= 0.6 is 11.3 Å². The van der Waals surface area contributed by atoms with Crippen LogP contribution in [0.5, 0.6) is 11.5 Å². The summed E-state index contributed by atoms with van der Waals surface area (Å²) in [5.41, 5.74) is 1.88. The Balaban J connectivity index is 2.02. The molecule has 1 N–H and O–H groups in total. The van der Waals surface area contributed by atoms with Crippen molar-refractivity contribution in [1.82, 2.24) is 10.3 Å². The third-order valence-electron chi connectivity index (χ3n) is 3.32. The molecular weight excluding hydrogens is 353 g/mol. The molecule has 0 aliphatic heterocycles. The van der Waals surface area contributed by atoms with Gasteiger partial charge >= 0.3 is 6.18 Å². The number of hydrogen-bond donors (Lipinski definition) is 1. The van der Waals surface area contributed by atoms with E-state index in [1.54, 1.807) is 30.4 Å². The zero-order valence-corrected chi connectivity index (χ0v) is 15.1. The molecule has 0 spiro atoms. The molecule has 0 radical (unpaired) electrons. The van der Waals surface area contributed by atoms with Gasteiger partial charge in [0, 0.05) is 17.6 Å². The monoisotopic (exact) mass is 374 g/mol. The summed E-state index contributed by atoms with van der Waals surface area (Å²) in [6.45, 7) is 5.27. The molecule has 2 aromatic rings. The summed E-state index contributed by atoms with van der Waals surface area (Å²) in [6, 6.07) is 5.00. The van der Waals surface area contributed by atoms with Gasteiger partial charge in [0.2, 0.25) is 0 Å². The number of benzene rings is 1. The van der Waals surface area contributed by atoms with E-state index in [0.717, 1.165) is 16.3 Å².